The Bertz CT molecular complexity index is 1340. The predicted octanol–water partition coefficient (Wildman–Crippen LogP) is 6.79. The molecule has 1 unspecified atom stereocenters. The number of nitro benzene ring substituents is 1. The number of halogens is 1. The third-order valence-corrected chi connectivity index (χ3v) is 12.6. The molecule has 1 aliphatic heterocycles. The maximum absolute atomic E-state index is 13.3. The van der Waals surface area contributed by atoms with E-state index in [0.717, 1.165) is 11.3 Å². The summed E-state index contributed by atoms with van der Waals surface area (Å²) in [6.45, 7) is 17.9. The van der Waals surface area contributed by atoms with E-state index >= 15 is 0 Å². The van der Waals surface area contributed by atoms with Gasteiger partial charge < -0.3 is 13.9 Å². The zero-order valence-corrected chi connectivity index (χ0v) is 28.4. The number of nitrogens with zero attached hydrogens (tertiary/aromatic N) is 4. The number of ether oxygens (including phenoxy) is 2. The molecule has 0 saturated carbocycles. The van der Waals surface area contributed by atoms with Crippen LogP contribution in [0.4, 0.5) is 16.3 Å². The summed E-state index contributed by atoms with van der Waals surface area (Å²) in [5, 5.41) is 11.8. The minimum atomic E-state index is -2.07. The third-order valence-electron chi connectivity index (χ3n) is 7.42. The van der Waals surface area contributed by atoms with Crippen molar-refractivity contribution in [2.75, 3.05) is 4.90 Å². The zero-order chi connectivity index (χ0) is 30.9. The van der Waals surface area contributed by atoms with Gasteiger partial charge in [0.2, 0.25) is 0 Å². The van der Waals surface area contributed by atoms with Gasteiger partial charge in [0.15, 0.2) is 8.32 Å². The zero-order valence-electron chi connectivity index (χ0n) is 25.3. The van der Waals surface area contributed by atoms with Crippen LogP contribution in [0, 0.1) is 13.7 Å². The van der Waals surface area contributed by atoms with Gasteiger partial charge in [-0.2, -0.15) is 4.98 Å². The summed E-state index contributed by atoms with van der Waals surface area (Å²) < 4.78 is 20.6. The Labute approximate surface area is 256 Å². The summed E-state index contributed by atoms with van der Waals surface area (Å²) in [6, 6.07) is 6.25. The molecule has 41 heavy (non-hydrogen) atoms. The molecule has 1 aromatic heterocycles. The lowest BCUT2D eigenvalue weighted by atomic mass is 10.1. The van der Waals surface area contributed by atoms with Gasteiger partial charge in [-0.15, -0.1) is 0 Å². The molecule has 0 spiro atoms. The molecule has 13 heteroatoms. The number of hydrogen-bond acceptors (Lipinski definition) is 8. The highest BCUT2D eigenvalue weighted by molar-refractivity contribution is 14.1. The van der Waals surface area contributed by atoms with Crippen LogP contribution in [0.5, 0.6) is 0 Å². The molecule has 1 amide bonds. The van der Waals surface area contributed by atoms with E-state index < -0.39 is 36.9 Å². The Morgan fingerprint density at radius 2 is 1.90 bits per heavy atom. The number of rotatable bonds is 8. The van der Waals surface area contributed by atoms with Gasteiger partial charge in [0, 0.05) is 27.8 Å². The molecular weight excluding hydrogens is 659 g/mol. The third kappa shape index (κ3) is 8.14. The number of carbonyl (C=O) groups excluding carboxylic acids is 1. The molecule has 0 bridgehead atoms. The molecule has 2 heterocycles. The lowest BCUT2D eigenvalue weighted by Gasteiger charge is -2.39. The van der Waals surface area contributed by atoms with Gasteiger partial charge in [0.25, 0.3) is 5.69 Å². The predicted molar refractivity (Wildman–Crippen MR) is 168 cm³/mol. The van der Waals surface area contributed by atoms with E-state index in [1.165, 1.54) is 22.9 Å². The molecule has 11 nitrogen and oxygen atoms in total. The van der Waals surface area contributed by atoms with Crippen LogP contribution in [0.2, 0.25) is 18.1 Å². The SMILES string of the molecule is CC[C@H]1O[C@@H](n2ccc(N(Cc3ccc(I)cc3[N+](=O)[O-])C(=O)OC(C)(C)C)nc2=O)CC1O[Si](C)(C)C(C)(C)C. The number of amides is 1. The first kappa shape index (κ1) is 33.1. The second-order valence-corrected chi connectivity index (χ2v) is 18.8. The van der Waals surface area contributed by atoms with Gasteiger partial charge in [0.05, 0.1) is 23.7 Å². The smallest absolute Gasteiger partial charge is 0.416 e. The Morgan fingerprint density at radius 1 is 1.24 bits per heavy atom. The van der Waals surface area contributed by atoms with E-state index in [-0.39, 0.29) is 40.9 Å². The number of anilines is 1. The van der Waals surface area contributed by atoms with E-state index in [2.05, 4.69) is 38.8 Å². The molecule has 1 saturated heterocycles. The summed E-state index contributed by atoms with van der Waals surface area (Å²) >= 11 is 1.99. The van der Waals surface area contributed by atoms with Crippen molar-refractivity contribution in [1.82, 2.24) is 9.55 Å². The van der Waals surface area contributed by atoms with Gasteiger partial charge in [-0.05, 0) is 86.1 Å². The Morgan fingerprint density at radius 3 is 2.44 bits per heavy atom. The van der Waals surface area contributed by atoms with Crippen molar-refractivity contribution in [2.24, 2.45) is 0 Å². The van der Waals surface area contributed by atoms with Gasteiger partial charge >= 0.3 is 11.8 Å². The lowest BCUT2D eigenvalue weighted by Crippen LogP contribution is -2.45. The van der Waals surface area contributed by atoms with Crippen molar-refractivity contribution in [2.45, 2.75) is 110 Å². The first-order chi connectivity index (χ1) is 18.8. The minimum Gasteiger partial charge on any atom is -0.443 e. The normalized spacial score (nSPS) is 19.7. The fraction of sp³-hybridized carbons (Fsp3) is 0.607. The maximum atomic E-state index is 13.3. The molecule has 0 radical (unpaired) electrons. The van der Waals surface area contributed by atoms with E-state index in [1.54, 1.807) is 32.9 Å². The number of carbonyl (C=O) groups is 1. The van der Waals surface area contributed by atoms with Gasteiger partial charge in [0.1, 0.15) is 17.6 Å². The molecule has 0 aliphatic carbocycles. The summed E-state index contributed by atoms with van der Waals surface area (Å²) in [5.74, 6) is 0.0208. The van der Waals surface area contributed by atoms with Crippen molar-refractivity contribution < 1.29 is 23.6 Å². The van der Waals surface area contributed by atoms with Crippen LogP contribution in [-0.4, -0.2) is 46.7 Å². The minimum absolute atomic E-state index is 0.0208. The molecule has 1 aliphatic rings. The lowest BCUT2D eigenvalue weighted by molar-refractivity contribution is -0.385. The van der Waals surface area contributed by atoms with Crippen molar-refractivity contribution in [1.29, 1.82) is 0 Å². The quantitative estimate of drug-likeness (QED) is 0.128. The first-order valence-electron chi connectivity index (χ1n) is 13.7. The summed E-state index contributed by atoms with van der Waals surface area (Å²) in [5.41, 5.74) is -1.31. The fourth-order valence-corrected chi connectivity index (χ4v) is 6.09. The highest BCUT2D eigenvalue weighted by Crippen LogP contribution is 2.41. The summed E-state index contributed by atoms with van der Waals surface area (Å²) in [4.78, 5) is 43.1. The van der Waals surface area contributed by atoms with Crippen LogP contribution < -0.4 is 10.6 Å². The Hall–Kier alpha value is -2.36. The highest BCUT2D eigenvalue weighted by atomic mass is 127. The Balaban J connectivity index is 1.94. The summed E-state index contributed by atoms with van der Waals surface area (Å²) in [6.07, 6.45) is 1.10. The molecule has 1 fully saturated rings. The van der Waals surface area contributed by atoms with Crippen LogP contribution >= 0.6 is 22.6 Å². The van der Waals surface area contributed by atoms with Crippen molar-refractivity contribution >= 4 is 48.5 Å². The average molecular weight is 701 g/mol. The number of hydrogen-bond donors (Lipinski definition) is 0. The van der Waals surface area contributed by atoms with E-state index in [9.17, 15) is 19.7 Å². The molecule has 0 N–H and O–H groups in total. The monoisotopic (exact) mass is 700 g/mol. The second-order valence-electron chi connectivity index (χ2n) is 12.8. The van der Waals surface area contributed by atoms with Gasteiger partial charge in [-0.1, -0.05) is 27.7 Å². The van der Waals surface area contributed by atoms with Crippen molar-refractivity contribution in [3.63, 3.8) is 0 Å². The first-order valence-corrected chi connectivity index (χ1v) is 17.7. The fourth-order valence-electron chi connectivity index (χ4n) is 4.25. The molecular formula is C28H41IN4O7Si. The van der Waals surface area contributed by atoms with Crippen LogP contribution in [0.15, 0.2) is 35.3 Å². The number of benzene rings is 1. The van der Waals surface area contributed by atoms with Gasteiger partial charge in [-0.3, -0.25) is 19.6 Å². The maximum Gasteiger partial charge on any atom is 0.416 e. The molecule has 1 aromatic carbocycles. The van der Waals surface area contributed by atoms with Crippen LogP contribution in [0.25, 0.3) is 0 Å². The van der Waals surface area contributed by atoms with Crippen molar-refractivity contribution in [3.8, 4) is 0 Å². The Kier molecular flexibility index (Phi) is 10.1. The molecule has 3 atom stereocenters. The van der Waals surface area contributed by atoms with E-state index in [4.69, 9.17) is 13.9 Å². The average Bonchev–Trinajstić information content (AvgIpc) is 3.22. The second kappa shape index (κ2) is 12.5. The highest BCUT2D eigenvalue weighted by Gasteiger charge is 2.44. The van der Waals surface area contributed by atoms with E-state index in [0.29, 0.717) is 9.99 Å². The van der Waals surface area contributed by atoms with E-state index in [1.807, 2.05) is 29.5 Å². The van der Waals surface area contributed by atoms with Crippen LogP contribution in [0.1, 0.15) is 73.1 Å². The van der Waals surface area contributed by atoms with Crippen LogP contribution in [0.3, 0.4) is 0 Å². The topological polar surface area (TPSA) is 126 Å². The molecule has 3 rings (SSSR count). The number of aromatic nitrogens is 2. The van der Waals surface area contributed by atoms with Crippen LogP contribution in [-0.2, 0) is 20.4 Å². The molecule has 2 aromatic rings. The van der Waals surface area contributed by atoms with Gasteiger partial charge in [-0.25, -0.2) is 9.59 Å². The molecule has 226 valence electrons. The number of nitro groups is 1. The van der Waals surface area contributed by atoms with Crippen molar-refractivity contribution in [3.05, 3.63) is 60.2 Å². The standard InChI is InChI=1S/C28H41IN4O7Si/c1-10-21-22(40-41(8,9)28(5,6)7)16-24(38-21)31-14-13-23(30-25(31)34)32(26(35)39-27(2,3)4)17-18-11-12-19(29)15-20(18)33(36)37/h11-15,21-22,24H,10,16-17H2,1-9H3/t21-,22?,24-/m1/s1. The largest absolute Gasteiger partial charge is 0.443 e. The summed E-state index contributed by atoms with van der Waals surface area (Å²) in [7, 11) is -2.07.